The number of hydrogen-bond donors (Lipinski definition) is 1. The smallest absolute Gasteiger partial charge is 0.310 e. The topological polar surface area (TPSA) is 55.4 Å². The van der Waals surface area contributed by atoms with Crippen LogP contribution in [-0.2, 0) is 19.7 Å². The summed E-state index contributed by atoms with van der Waals surface area (Å²) in [5.41, 5.74) is 0.266. The number of carbonyl (C=O) groups is 2. The summed E-state index contributed by atoms with van der Waals surface area (Å²) in [6, 6.07) is 4.14. The molecule has 1 saturated carbocycles. The molecule has 1 fully saturated rings. The van der Waals surface area contributed by atoms with E-state index in [2.05, 4.69) is 5.32 Å². The summed E-state index contributed by atoms with van der Waals surface area (Å²) >= 11 is 0. The number of esters is 1. The second kappa shape index (κ2) is 3.54. The van der Waals surface area contributed by atoms with Crippen LogP contribution >= 0.6 is 0 Å². The molecule has 1 amide bonds. The van der Waals surface area contributed by atoms with Gasteiger partial charge in [0.1, 0.15) is 5.82 Å². The van der Waals surface area contributed by atoms with Gasteiger partial charge in [-0.2, -0.15) is 0 Å². The van der Waals surface area contributed by atoms with Crippen LogP contribution in [0.2, 0.25) is 0 Å². The minimum Gasteiger partial charge on any atom is -0.466 e. The molecular weight excluding hydrogens is 237 g/mol. The summed E-state index contributed by atoms with van der Waals surface area (Å²) in [5.74, 6) is -1.51. The van der Waals surface area contributed by atoms with Gasteiger partial charge in [0, 0.05) is 5.69 Å². The van der Waals surface area contributed by atoms with Crippen LogP contribution in [0.3, 0.4) is 0 Å². The third-order valence-electron chi connectivity index (χ3n) is 3.65. The Morgan fingerprint density at radius 2 is 2.39 bits per heavy atom. The zero-order valence-corrected chi connectivity index (χ0v) is 9.83. The summed E-state index contributed by atoms with van der Waals surface area (Å²) in [5, 5.41) is 2.69. The Balaban J connectivity index is 1.99. The van der Waals surface area contributed by atoms with Gasteiger partial charge in [-0.3, -0.25) is 9.59 Å². The molecule has 2 atom stereocenters. The van der Waals surface area contributed by atoms with E-state index in [9.17, 15) is 14.0 Å². The van der Waals surface area contributed by atoms with Gasteiger partial charge in [-0.15, -0.1) is 0 Å². The van der Waals surface area contributed by atoms with Crippen LogP contribution in [0.1, 0.15) is 18.9 Å². The third kappa shape index (κ3) is 1.30. The highest BCUT2D eigenvalue weighted by Crippen LogP contribution is 2.60. The van der Waals surface area contributed by atoms with Gasteiger partial charge in [0.05, 0.1) is 17.9 Å². The maximum Gasteiger partial charge on any atom is 0.310 e. The Kier molecular flexibility index (Phi) is 2.20. The molecule has 3 rings (SSSR count). The number of carbonyl (C=O) groups excluding carboxylic acids is 2. The molecule has 1 heterocycles. The average Bonchev–Trinajstić information content (AvgIpc) is 3.02. The molecule has 18 heavy (non-hydrogen) atoms. The molecule has 1 aliphatic heterocycles. The van der Waals surface area contributed by atoms with Gasteiger partial charge in [-0.25, -0.2) is 4.39 Å². The first-order chi connectivity index (χ1) is 8.59. The van der Waals surface area contributed by atoms with Crippen molar-refractivity contribution in [3.63, 3.8) is 0 Å². The highest BCUT2D eigenvalue weighted by molar-refractivity contribution is 6.12. The van der Waals surface area contributed by atoms with Crippen LogP contribution in [0.15, 0.2) is 18.2 Å². The van der Waals surface area contributed by atoms with Gasteiger partial charge >= 0.3 is 5.97 Å². The summed E-state index contributed by atoms with van der Waals surface area (Å²) < 4.78 is 18.2. The minimum absolute atomic E-state index is 0.235. The normalized spacial score (nSPS) is 27.9. The fourth-order valence-corrected chi connectivity index (χ4v) is 2.69. The summed E-state index contributed by atoms with van der Waals surface area (Å²) in [4.78, 5) is 23.7. The third-order valence-corrected chi connectivity index (χ3v) is 3.65. The molecule has 1 aromatic rings. The standard InChI is InChI=1S/C13H12FNO3/c1-2-18-11(16)9-6-13(9)8-5-7(14)3-4-10(8)15-12(13)17/h3-5,9H,2,6H2,1H3,(H,15,17)/t9-,13-/m1/s1. The average molecular weight is 249 g/mol. The van der Waals surface area contributed by atoms with Crippen molar-refractivity contribution in [3.05, 3.63) is 29.6 Å². The molecule has 0 bridgehead atoms. The lowest BCUT2D eigenvalue weighted by Gasteiger charge is -2.07. The van der Waals surface area contributed by atoms with Crippen LogP contribution in [-0.4, -0.2) is 18.5 Å². The molecule has 4 nitrogen and oxygen atoms in total. The number of benzene rings is 1. The Labute approximate surface area is 103 Å². The van der Waals surface area contributed by atoms with E-state index in [-0.39, 0.29) is 18.5 Å². The molecule has 5 heteroatoms. The van der Waals surface area contributed by atoms with E-state index in [0.29, 0.717) is 17.7 Å². The van der Waals surface area contributed by atoms with Crippen molar-refractivity contribution >= 4 is 17.6 Å². The number of anilines is 1. The van der Waals surface area contributed by atoms with Crippen LogP contribution in [0.25, 0.3) is 0 Å². The predicted octanol–water partition coefficient (Wildman–Crippen LogP) is 1.60. The van der Waals surface area contributed by atoms with Gasteiger partial charge in [0.25, 0.3) is 0 Å². The van der Waals surface area contributed by atoms with E-state index >= 15 is 0 Å². The molecule has 0 saturated heterocycles. The van der Waals surface area contributed by atoms with Gasteiger partial charge in [-0.05, 0) is 37.1 Å². The van der Waals surface area contributed by atoms with Gasteiger partial charge in [-0.1, -0.05) is 0 Å². The summed E-state index contributed by atoms with van der Waals surface area (Å²) in [6.45, 7) is 2.00. The van der Waals surface area contributed by atoms with Crippen LogP contribution in [0.5, 0.6) is 0 Å². The fourth-order valence-electron chi connectivity index (χ4n) is 2.69. The van der Waals surface area contributed by atoms with Crippen molar-refractivity contribution in [2.45, 2.75) is 18.8 Å². The predicted molar refractivity (Wildman–Crippen MR) is 61.4 cm³/mol. The first-order valence-corrected chi connectivity index (χ1v) is 5.87. The molecule has 2 aliphatic rings. The first kappa shape index (κ1) is 11.2. The lowest BCUT2D eigenvalue weighted by atomic mass is 9.94. The largest absolute Gasteiger partial charge is 0.466 e. The zero-order valence-electron chi connectivity index (χ0n) is 9.83. The maximum absolute atomic E-state index is 13.3. The minimum atomic E-state index is -0.899. The highest BCUT2D eigenvalue weighted by atomic mass is 19.1. The van der Waals surface area contributed by atoms with E-state index in [4.69, 9.17) is 4.74 Å². The van der Waals surface area contributed by atoms with E-state index in [1.807, 2.05) is 0 Å². The Hall–Kier alpha value is -1.91. The van der Waals surface area contributed by atoms with Crippen LogP contribution < -0.4 is 5.32 Å². The molecule has 0 unspecified atom stereocenters. The van der Waals surface area contributed by atoms with Gasteiger partial charge < -0.3 is 10.1 Å². The number of amides is 1. The van der Waals surface area contributed by atoms with E-state index in [1.165, 1.54) is 18.2 Å². The Morgan fingerprint density at radius 3 is 3.11 bits per heavy atom. The molecule has 1 spiro atoms. The Bertz CT molecular complexity index is 557. The lowest BCUT2D eigenvalue weighted by molar-refractivity contribution is -0.146. The molecule has 0 aromatic heterocycles. The van der Waals surface area contributed by atoms with E-state index < -0.39 is 17.2 Å². The van der Waals surface area contributed by atoms with Crippen molar-refractivity contribution in [1.29, 1.82) is 0 Å². The number of fused-ring (bicyclic) bond motifs is 2. The molecule has 1 N–H and O–H groups in total. The lowest BCUT2D eigenvalue weighted by Crippen LogP contribution is -2.25. The molecule has 1 aromatic carbocycles. The van der Waals surface area contributed by atoms with Crippen molar-refractivity contribution in [3.8, 4) is 0 Å². The van der Waals surface area contributed by atoms with Crippen molar-refractivity contribution in [1.82, 2.24) is 0 Å². The molecule has 0 radical (unpaired) electrons. The monoisotopic (exact) mass is 249 g/mol. The number of rotatable bonds is 2. The van der Waals surface area contributed by atoms with Gasteiger partial charge in [0.2, 0.25) is 5.91 Å². The van der Waals surface area contributed by atoms with Crippen LogP contribution in [0, 0.1) is 11.7 Å². The van der Waals surface area contributed by atoms with Crippen molar-refractivity contribution < 1.29 is 18.7 Å². The summed E-state index contributed by atoms with van der Waals surface area (Å²) in [7, 11) is 0. The SMILES string of the molecule is CCOC(=O)[C@H]1C[C@]12C(=O)Nc1ccc(F)cc12. The second-order valence-electron chi connectivity index (χ2n) is 4.62. The second-order valence-corrected chi connectivity index (χ2v) is 4.62. The van der Waals surface area contributed by atoms with Crippen molar-refractivity contribution in [2.24, 2.45) is 5.92 Å². The number of hydrogen-bond acceptors (Lipinski definition) is 3. The fraction of sp³-hybridized carbons (Fsp3) is 0.385. The number of ether oxygens (including phenoxy) is 1. The number of halogens is 1. The zero-order chi connectivity index (χ0) is 12.9. The molecular formula is C13H12FNO3. The first-order valence-electron chi connectivity index (χ1n) is 5.87. The van der Waals surface area contributed by atoms with E-state index in [0.717, 1.165) is 0 Å². The van der Waals surface area contributed by atoms with Crippen molar-refractivity contribution in [2.75, 3.05) is 11.9 Å². The maximum atomic E-state index is 13.3. The highest BCUT2D eigenvalue weighted by Gasteiger charge is 2.68. The molecule has 1 aliphatic carbocycles. The quantitative estimate of drug-likeness (QED) is 0.810. The number of nitrogens with one attached hydrogen (secondary N) is 1. The summed E-state index contributed by atoms with van der Waals surface area (Å²) in [6.07, 6.45) is 0.397. The Morgan fingerprint density at radius 1 is 1.61 bits per heavy atom. The van der Waals surface area contributed by atoms with E-state index in [1.54, 1.807) is 6.92 Å². The van der Waals surface area contributed by atoms with Gasteiger partial charge in [0.15, 0.2) is 0 Å². The molecule has 94 valence electrons. The van der Waals surface area contributed by atoms with Crippen LogP contribution in [0.4, 0.5) is 10.1 Å².